The van der Waals surface area contributed by atoms with E-state index in [0.717, 1.165) is 11.1 Å². The van der Waals surface area contributed by atoms with Crippen LogP contribution in [-0.4, -0.2) is 23.2 Å². The molecule has 0 spiro atoms. The SMILES string of the molecule is C.CC.C\C=C/C(=C\C)C(/C(=N)c1ccccc1)=C(/C(=N)OCC)c1ccccn1. The van der Waals surface area contributed by atoms with Gasteiger partial charge in [-0.1, -0.05) is 75.9 Å². The van der Waals surface area contributed by atoms with Gasteiger partial charge in [-0.15, -0.1) is 0 Å². The van der Waals surface area contributed by atoms with Gasteiger partial charge in [0.2, 0.25) is 5.90 Å². The second kappa shape index (κ2) is 14.7. The lowest BCUT2D eigenvalue weighted by Gasteiger charge is -2.18. The zero-order valence-electron chi connectivity index (χ0n) is 18.0. The second-order valence-electron chi connectivity index (χ2n) is 5.71. The van der Waals surface area contributed by atoms with E-state index in [4.69, 9.17) is 15.6 Å². The van der Waals surface area contributed by atoms with Gasteiger partial charge in [0, 0.05) is 17.3 Å². The Kier molecular flexibility index (Phi) is 13.1. The molecule has 0 saturated carbocycles. The maximum atomic E-state index is 8.89. The first-order valence-corrected chi connectivity index (χ1v) is 9.95. The van der Waals surface area contributed by atoms with Crippen LogP contribution in [0.1, 0.15) is 53.3 Å². The third-order valence-corrected chi connectivity index (χ3v) is 3.95. The van der Waals surface area contributed by atoms with Crippen molar-refractivity contribution < 1.29 is 4.74 Å². The first-order valence-electron chi connectivity index (χ1n) is 9.95. The number of ether oxygens (including phenoxy) is 1. The lowest BCUT2D eigenvalue weighted by molar-refractivity contribution is 0.329. The van der Waals surface area contributed by atoms with E-state index in [1.807, 2.05) is 101 Å². The minimum atomic E-state index is 0. The van der Waals surface area contributed by atoms with Crippen molar-refractivity contribution in [2.45, 2.75) is 42.0 Å². The molecule has 2 rings (SSSR count). The molecule has 0 aliphatic rings. The van der Waals surface area contributed by atoms with Crippen LogP contribution < -0.4 is 0 Å². The third-order valence-electron chi connectivity index (χ3n) is 3.95. The molecule has 1 aromatic heterocycles. The van der Waals surface area contributed by atoms with E-state index in [1.54, 1.807) is 6.20 Å². The van der Waals surface area contributed by atoms with E-state index in [0.29, 0.717) is 29.2 Å². The fourth-order valence-electron chi connectivity index (χ4n) is 2.75. The Hall–Kier alpha value is -3.27. The van der Waals surface area contributed by atoms with Crippen molar-refractivity contribution >= 4 is 17.2 Å². The van der Waals surface area contributed by atoms with Gasteiger partial charge in [-0.3, -0.25) is 15.8 Å². The molecule has 0 aliphatic carbocycles. The molecule has 0 saturated heterocycles. The predicted octanol–water partition coefficient (Wildman–Crippen LogP) is 7.10. The zero-order valence-corrected chi connectivity index (χ0v) is 18.0. The number of nitrogens with one attached hydrogen (secondary N) is 2. The molecule has 0 radical (unpaired) electrons. The number of benzene rings is 1. The quantitative estimate of drug-likeness (QED) is 0.293. The third kappa shape index (κ3) is 6.96. The molecular formula is C26H35N3O. The van der Waals surface area contributed by atoms with Crippen LogP contribution in [0.4, 0.5) is 0 Å². The second-order valence-corrected chi connectivity index (χ2v) is 5.71. The Bertz CT molecular complexity index is 879. The lowest BCUT2D eigenvalue weighted by atomic mass is 9.89. The number of allylic oxidation sites excluding steroid dienone is 5. The molecule has 30 heavy (non-hydrogen) atoms. The van der Waals surface area contributed by atoms with Gasteiger partial charge in [-0.05, 0) is 38.5 Å². The lowest BCUT2D eigenvalue weighted by Crippen LogP contribution is -2.16. The standard InChI is InChI=1S/C23H25N3O.C2H6.CH4/c1-4-12-17(5-2)20(22(24)18-13-8-7-9-14-18)21(23(25)27-6-3)19-15-10-11-16-26-19;1-2;/h4-5,7-16,24-25H,6H2,1-3H3;1-2H3;1H4/b12-4-,17-5+,21-20-,24-22?,25-23?;;. The molecule has 0 aliphatic heterocycles. The van der Waals surface area contributed by atoms with Crippen molar-refractivity contribution in [3.8, 4) is 0 Å². The largest absolute Gasteiger partial charge is 0.478 e. The molecule has 2 aromatic rings. The normalized spacial score (nSPS) is 11.6. The summed E-state index contributed by atoms with van der Waals surface area (Å²) in [6.45, 7) is 10.1. The number of hydrogen-bond acceptors (Lipinski definition) is 4. The van der Waals surface area contributed by atoms with Crippen LogP contribution in [0.15, 0.2) is 84.1 Å². The first kappa shape index (κ1) is 26.7. The minimum Gasteiger partial charge on any atom is -0.478 e. The topological polar surface area (TPSA) is 69.8 Å². The molecular weight excluding hydrogens is 370 g/mol. The van der Waals surface area contributed by atoms with E-state index in [9.17, 15) is 0 Å². The van der Waals surface area contributed by atoms with Gasteiger partial charge in [-0.2, -0.15) is 0 Å². The average molecular weight is 406 g/mol. The molecule has 1 heterocycles. The van der Waals surface area contributed by atoms with Gasteiger partial charge in [0.25, 0.3) is 0 Å². The Balaban J connectivity index is 0.00000272. The molecule has 1 aromatic carbocycles. The molecule has 160 valence electrons. The highest BCUT2D eigenvalue weighted by Crippen LogP contribution is 2.28. The fraction of sp³-hybridized carbons (Fsp3) is 0.269. The van der Waals surface area contributed by atoms with Crippen molar-refractivity contribution in [1.82, 2.24) is 4.98 Å². The minimum absolute atomic E-state index is 0. The molecule has 0 fully saturated rings. The predicted molar refractivity (Wildman–Crippen MR) is 130 cm³/mol. The van der Waals surface area contributed by atoms with Crippen molar-refractivity contribution in [2.24, 2.45) is 0 Å². The van der Waals surface area contributed by atoms with Crippen LogP contribution in [0.5, 0.6) is 0 Å². The van der Waals surface area contributed by atoms with Gasteiger partial charge in [-0.25, -0.2) is 0 Å². The molecule has 0 atom stereocenters. The molecule has 4 heteroatoms. The van der Waals surface area contributed by atoms with Crippen LogP contribution in [-0.2, 0) is 4.74 Å². The van der Waals surface area contributed by atoms with Crippen molar-refractivity contribution in [1.29, 1.82) is 10.8 Å². The zero-order chi connectivity index (χ0) is 21.6. The summed E-state index contributed by atoms with van der Waals surface area (Å²) in [5.74, 6) is 0.00994. The number of hydrogen-bond donors (Lipinski definition) is 2. The summed E-state index contributed by atoms with van der Waals surface area (Å²) in [6, 6.07) is 15.1. The van der Waals surface area contributed by atoms with E-state index >= 15 is 0 Å². The molecule has 2 N–H and O–H groups in total. The Morgan fingerprint density at radius 2 is 1.63 bits per heavy atom. The van der Waals surface area contributed by atoms with Crippen LogP contribution in [0.3, 0.4) is 0 Å². The maximum Gasteiger partial charge on any atom is 0.216 e. The van der Waals surface area contributed by atoms with E-state index in [1.165, 1.54) is 0 Å². The van der Waals surface area contributed by atoms with Crippen molar-refractivity contribution in [2.75, 3.05) is 6.61 Å². The van der Waals surface area contributed by atoms with Crippen LogP contribution in [0.2, 0.25) is 0 Å². The van der Waals surface area contributed by atoms with Gasteiger partial charge in [0.15, 0.2) is 0 Å². The molecule has 4 nitrogen and oxygen atoms in total. The average Bonchev–Trinajstić information content (AvgIpc) is 2.78. The van der Waals surface area contributed by atoms with E-state index < -0.39 is 0 Å². The van der Waals surface area contributed by atoms with Crippen molar-refractivity contribution in [3.05, 3.63) is 95.4 Å². The molecule has 0 amide bonds. The Labute approximate surface area is 182 Å². The summed E-state index contributed by atoms with van der Waals surface area (Å²) in [4.78, 5) is 4.43. The molecule has 0 unspecified atom stereocenters. The highest BCUT2D eigenvalue weighted by atomic mass is 16.5. The molecule has 0 bridgehead atoms. The number of nitrogens with zero attached hydrogens (tertiary/aromatic N) is 1. The van der Waals surface area contributed by atoms with Gasteiger partial charge in [0.05, 0.1) is 23.6 Å². The highest BCUT2D eigenvalue weighted by Gasteiger charge is 2.22. The summed E-state index contributed by atoms with van der Waals surface area (Å²) >= 11 is 0. The van der Waals surface area contributed by atoms with Gasteiger partial charge >= 0.3 is 0 Å². The van der Waals surface area contributed by atoms with Crippen LogP contribution >= 0.6 is 0 Å². The van der Waals surface area contributed by atoms with Crippen LogP contribution in [0, 0.1) is 10.8 Å². The summed E-state index contributed by atoms with van der Waals surface area (Å²) in [5, 5.41) is 17.4. The summed E-state index contributed by atoms with van der Waals surface area (Å²) in [7, 11) is 0. The van der Waals surface area contributed by atoms with Crippen LogP contribution in [0.25, 0.3) is 5.57 Å². The Morgan fingerprint density at radius 1 is 1.00 bits per heavy atom. The summed E-state index contributed by atoms with van der Waals surface area (Å²) in [6.07, 6.45) is 7.49. The Morgan fingerprint density at radius 3 is 2.13 bits per heavy atom. The number of rotatable bonds is 7. The smallest absolute Gasteiger partial charge is 0.216 e. The van der Waals surface area contributed by atoms with Gasteiger partial charge < -0.3 is 4.74 Å². The summed E-state index contributed by atoms with van der Waals surface area (Å²) in [5.41, 5.74) is 3.68. The fourth-order valence-corrected chi connectivity index (χ4v) is 2.75. The summed E-state index contributed by atoms with van der Waals surface area (Å²) < 4.78 is 5.54. The highest BCUT2D eigenvalue weighted by molar-refractivity contribution is 6.30. The first-order chi connectivity index (χ1) is 14.1. The van der Waals surface area contributed by atoms with Gasteiger partial charge in [0.1, 0.15) is 0 Å². The number of pyridine rings is 1. The maximum absolute atomic E-state index is 8.89. The number of aromatic nitrogens is 1. The van der Waals surface area contributed by atoms with E-state index in [2.05, 4.69) is 4.98 Å². The monoisotopic (exact) mass is 405 g/mol. The van der Waals surface area contributed by atoms with E-state index in [-0.39, 0.29) is 13.3 Å². The van der Waals surface area contributed by atoms with Crippen molar-refractivity contribution in [3.63, 3.8) is 0 Å².